The first kappa shape index (κ1) is 17.2. The van der Waals surface area contributed by atoms with Gasteiger partial charge in [0, 0.05) is 0 Å². The van der Waals surface area contributed by atoms with Crippen molar-refractivity contribution in [2.75, 3.05) is 0 Å². The molecule has 1 heterocycles. The Bertz CT molecular complexity index is 394. The zero-order valence-electron chi connectivity index (χ0n) is 6.52. The fraction of sp³-hybridized carbons (Fsp3) is 0.200. The van der Waals surface area contributed by atoms with Crippen LogP contribution in [0, 0.1) is 0 Å². The summed E-state index contributed by atoms with van der Waals surface area (Å²) in [5.41, 5.74) is 1.60. The summed E-state index contributed by atoms with van der Waals surface area (Å²) in [5, 5.41) is 0.812. The fourth-order valence-corrected chi connectivity index (χ4v) is 1.26. The Labute approximate surface area is 119 Å². The minimum Gasteiger partial charge on any atom is -0.760 e. The number of rotatable bonds is 0. The van der Waals surface area contributed by atoms with Crippen LogP contribution in [0.1, 0.15) is 14.9 Å². The first-order valence-electron chi connectivity index (χ1n) is 3.38. The molecular weight excluding hydrogens is 331 g/mol. The van der Waals surface area contributed by atoms with Crippen molar-refractivity contribution < 1.29 is 0 Å². The Morgan fingerprint density at radius 1 is 0.800 bits per heavy atom. The molecule has 0 aliphatic carbocycles. The zero-order chi connectivity index (χ0) is 8.55. The molecule has 0 saturated carbocycles. The molecule has 5 heteroatoms. The van der Waals surface area contributed by atoms with Crippen LogP contribution in [0.2, 0.25) is 0 Å². The summed E-state index contributed by atoms with van der Waals surface area (Å²) in [6.07, 6.45) is 0. The van der Waals surface area contributed by atoms with Gasteiger partial charge in [-0.2, -0.15) is 0 Å². The van der Waals surface area contributed by atoms with Gasteiger partial charge in [0.15, 0.2) is 0 Å². The first-order valence-corrected chi connectivity index (χ1v) is 4.20. The molecule has 1 aromatic carbocycles. The van der Waals surface area contributed by atoms with Gasteiger partial charge < -0.3 is 25.3 Å². The van der Waals surface area contributed by atoms with Gasteiger partial charge in [0.05, 0.1) is 11.0 Å². The van der Waals surface area contributed by atoms with Gasteiger partial charge in [-0.15, -0.1) is 0 Å². The molecule has 0 saturated heterocycles. The molecule has 0 N–H and O–H groups in total. The van der Waals surface area contributed by atoms with Crippen LogP contribution in [-0.4, -0.2) is 33.9 Å². The Morgan fingerprint density at radius 2 is 1.13 bits per heavy atom. The minimum absolute atomic E-state index is 0. The molecule has 1 aromatic heterocycles. The van der Waals surface area contributed by atoms with Crippen LogP contribution in [0.3, 0.4) is 0 Å². The zero-order valence-corrected chi connectivity index (χ0v) is 11.0. The van der Waals surface area contributed by atoms with E-state index < -0.39 is 0 Å². The Kier molecular flexibility index (Phi) is 8.18. The quantitative estimate of drug-likeness (QED) is 0.542. The smallest absolute Gasteiger partial charge is 0.760 e. The average molecular weight is 343 g/mol. The van der Waals surface area contributed by atoms with E-state index in [0.717, 1.165) is 11.0 Å². The third-order valence-electron chi connectivity index (χ3n) is 1.51. The third kappa shape index (κ3) is 3.70. The van der Waals surface area contributed by atoms with E-state index in [-0.39, 0.29) is 38.8 Å². The third-order valence-corrected chi connectivity index (χ3v) is 2.21. The maximum absolute atomic E-state index is 4.90. The van der Waals surface area contributed by atoms with Crippen molar-refractivity contribution in [1.29, 1.82) is 0 Å². The van der Waals surface area contributed by atoms with E-state index in [1.54, 1.807) is 0 Å². The normalized spacial score (nSPS) is 8.27. The maximum atomic E-state index is 4.90. The molecule has 78 valence electrons. The molecule has 0 spiro atoms. The summed E-state index contributed by atoms with van der Waals surface area (Å²) in [5.74, 6) is 0. The number of hydrogen-bond donors (Lipinski definition) is 0. The Hall–Kier alpha value is -0.201. The minimum atomic E-state index is 0. The topological polar surface area (TPSA) is 25.8 Å². The second-order valence-corrected chi connectivity index (χ2v) is 3.10. The van der Waals surface area contributed by atoms with Gasteiger partial charge in [-0.1, -0.05) is 37.0 Å². The number of fused-ring (bicyclic) bond motifs is 1. The number of nitrogens with zero attached hydrogens (tertiary/aromatic N) is 2. The monoisotopic (exact) mass is 344 g/mol. The van der Waals surface area contributed by atoms with Gasteiger partial charge in [0.25, 0.3) is 0 Å². The molecule has 2 aromatic rings. The number of aromatic nitrogens is 2. The molecule has 0 aliphatic rings. The van der Waals surface area contributed by atoms with Crippen LogP contribution < -0.4 is 0 Å². The largest absolute Gasteiger partial charge is 2.00 e. The van der Waals surface area contributed by atoms with E-state index in [9.17, 15) is 0 Å². The summed E-state index contributed by atoms with van der Waals surface area (Å²) in [6, 6.07) is 7.53. The molecule has 0 bridgehead atoms. The summed E-state index contributed by atoms with van der Waals surface area (Å²) in [7, 11) is 0. The van der Waals surface area contributed by atoms with Gasteiger partial charge in [0.1, 0.15) is 0 Å². The Balaban J connectivity index is 0. The summed E-state index contributed by atoms with van der Waals surface area (Å²) >= 11 is 9.81. The van der Waals surface area contributed by atoms with E-state index in [1.807, 2.05) is 24.3 Å². The van der Waals surface area contributed by atoms with Crippen molar-refractivity contribution in [3.63, 3.8) is 0 Å². The van der Waals surface area contributed by atoms with E-state index in [2.05, 4.69) is 9.97 Å². The van der Waals surface area contributed by atoms with E-state index in [4.69, 9.17) is 25.3 Å². The molecule has 0 atom stereocenters. The van der Waals surface area contributed by atoms with Gasteiger partial charge in [0.2, 0.25) is 0 Å². The fourth-order valence-electron chi connectivity index (χ4n) is 0.968. The van der Waals surface area contributed by atoms with E-state index in [1.165, 1.54) is 0 Å². The maximum Gasteiger partial charge on any atom is 2.00 e. The van der Waals surface area contributed by atoms with E-state index in [0.29, 0.717) is 10.1 Å². The second-order valence-electron chi connectivity index (χ2n) is 2.32. The second kappa shape index (κ2) is 7.13. The van der Waals surface area contributed by atoms with Gasteiger partial charge >= 0.3 is 23.9 Å². The summed E-state index contributed by atoms with van der Waals surface area (Å²) in [6.45, 7) is 0. The predicted octanol–water partition coefficient (Wildman–Crippen LogP) is 2.33. The number of hydrogen-bond acceptors (Lipinski definition) is 4. The van der Waals surface area contributed by atoms with Crippen molar-refractivity contribution in [2.24, 2.45) is 0 Å². The van der Waals surface area contributed by atoms with Crippen molar-refractivity contribution >= 4 is 60.2 Å². The molecule has 2 nitrogen and oxygen atoms in total. The Morgan fingerprint density at radius 3 is 1.47 bits per heavy atom. The molecule has 0 aliphatic heterocycles. The van der Waals surface area contributed by atoms with Crippen molar-refractivity contribution in [3.8, 4) is 0 Å². The SMILES string of the molecule is C.C.[S-]c1nc2ccccc2nc1[S-].[Sn+2]. The molecule has 0 amide bonds. The van der Waals surface area contributed by atoms with Gasteiger partial charge in [-0.3, -0.25) is 9.97 Å². The van der Waals surface area contributed by atoms with Crippen LogP contribution in [0.25, 0.3) is 11.0 Å². The molecule has 0 unspecified atom stereocenters. The van der Waals surface area contributed by atoms with E-state index >= 15 is 0 Å². The summed E-state index contributed by atoms with van der Waals surface area (Å²) in [4.78, 5) is 8.25. The molecule has 15 heavy (non-hydrogen) atoms. The average Bonchev–Trinajstić information content (AvgIpc) is 2.07. The predicted molar refractivity (Wildman–Crippen MR) is 70.0 cm³/mol. The number of benzene rings is 1. The summed E-state index contributed by atoms with van der Waals surface area (Å²) < 4.78 is 0. The number of para-hydroxylation sites is 2. The van der Waals surface area contributed by atoms with Crippen molar-refractivity contribution in [3.05, 3.63) is 24.3 Å². The van der Waals surface area contributed by atoms with Crippen LogP contribution in [0.4, 0.5) is 0 Å². The molecule has 2 radical (unpaired) electrons. The molecule has 2 rings (SSSR count). The van der Waals surface area contributed by atoms with Crippen LogP contribution in [-0.2, 0) is 25.3 Å². The van der Waals surface area contributed by atoms with Crippen LogP contribution in [0.5, 0.6) is 0 Å². The van der Waals surface area contributed by atoms with Crippen LogP contribution in [0.15, 0.2) is 34.3 Å². The van der Waals surface area contributed by atoms with Crippen molar-refractivity contribution in [2.45, 2.75) is 24.9 Å². The van der Waals surface area contributed by atoms with Crippen LogP contribution >= 0.6 is 0 Å². The standard InChI is InChI=1S/C8H6N2S2.2CH4.Sn/c11-7-8(12)10-6-4-2-1-3-5(6)9-7;;;/h1-4H,(H,9,11)(H,10,12);2*1H4;/q;;;+2/p-2. The van der Waals surface area contributed by atoms with Gasteiger partial charge in [-0.05, 0) is 12.1 Å². The molecular formula is C10H12N2S2Sn. The first-order chi connectivity index (χ1) is 5.77. The van der Waals surface area contributed by atoms with Gasteiger partial charge in [-0.25, -0.2) is 0 Å². The van der Waals surface area contributed by atoms with Crippen molar-refractivity contribution in [1.82, 2.24) is 9.97 Å². The molecule has 0 fully saturated rings.